The van der Waals surface area contributed by atoms with Crippen LogP contribution < -0.4 is 16.0 Å². The normalized spacial score (nSPS) is 9.24. The molecule has 0 saturated carbocycles. The number of amides is 1. The zero-order chi connectivity index (χ0) is 12.7. The maximum Gasteiger partial charge on any atom is 0.225 e. The molecular formula is C11H13N3OS2. The van der Waals surface area contributed by atoms with Gasteiger partial charge in [-0.05, 0) is 36.6 Å². The van der Waals surface area contributed by atoms with E-state index in [0.29, 0.717) is 11.5 Å². The van der Waals surface area contributed by atoms with Crippen molar-refractivity contribution in [1.29, 1.82) is 0 Å². The lowest BCUT2D eigenvalue weighted by Crippen LogP contribution is -2.43. The third kappa shape index (κ3) is 5.37. The quantitative estimate of drug-likeness (QED) is 0.713. The summed E-state index contributed by atoms with van der Waals surface area (Å²) in [4.78, 5) is 11.1. The van der Waals surface area contributed by atoms with E-state index in [9.17, 15) is 4.79 Å². The molecule has 1 rings (SSSR count). The lowest BCUT2D eigenvalue weighted by atomic mass is 10.3. The zero-order valence-electron chi connectivity index (χ0n) is 9.32. The molecule has 90 valence electrons. The molecule has 0 atom stereocenters. The molecule has 0 aliphatic heterocycles. The van der Waals surface area contributed by atoms with Gasteiger partial charge in [0.2, 0.25) is 5.91 Å². The Kier molecular flexibility index (Phi) is 5.51. The summed E-state index contributed by atoms with van der Waals surface area (Å²) < 4.78 is 0. The van der Waals surface area contributed by atoms with Crippen LogP contribution in [-0.2, 0) is 4.79 Å². The van der Waals surface area contributed by atoms with Gasteiger partial charge in [-0.2, -0.15) is 0 Å². The fourth-order valence-electron chi connectivity index (χ4n) is 1.03. The molecule has 17 heavy (non-hydrogen) atoms. The first-order chi connectivity index (χ1) is 8.11. The summed E-state index contributed by atoms with van der Waals surface area (Å²) in [6, 6.07) is 9.45. The minimum atomic E-state index is -0.148. The molecule has 0 spiro atoms. The minimum Gasteiger partial charge on any atom is -0.332 e. The van der Waals surface area contributed by atoms with E-state index in [1.54, 1.807) is 6.92 Å². The molecule has 0 aromatic heterocycles. The van der Waals surface area contributed by atoms with Gasteiger partial charge in [-0.15, -0.1) is 0 Å². The van der Waals surface area contributed by atoms with Gasteiger partial charge in [-0.25, -0.2) is 0 Å². The van der Waals surface area contributed by atoms with E-state index in [1.807, 2.05) is 30.3 Å². The van der Waals surface area contributed by atoms with E-state index in [2.05, 4.69) is 16.0 Å². The summed E-state index contributed by atoms with van der Waals surface area (Å²) in [5, 5.41) is 8.70. The highest BCUT2D eigenvalue weighted by Gasteiger charge is 2.03. The van der Waals surface area contributed by atoms with Gasteiger partial charge < -0.3 is 16.0 Å². The molecule has 0 heterocycles. The third-order valence-electron chi connectivity index (χ3n) is 1.83. The van der Waals surface area contributed by atoms with Crippen molar-refractivity contribution >= 4 is 46.3 Å². The highest BCUT2D eigenvalue weighted by atomic mass is 32.1. The monoisotopic (exact) mass is 267 g/mol. The number of benzene rings is 1. The number of para-hydroxylation sites is 1. The van der Waals surface area contributed by atoms with E-state index in [0.717, 1.165) is 5.69 Å². The first kappa shape index (κ1) is 13.5. The number of nitrogens with one attached hydrogen (secondary N) is 3. The first-order valence-corrected chi connectivity index (χ1v) is 5.90. The van der Waals surface area contributed by atoms with Crippen molar-refractivity contribution in [2.75, 3.05) is 5.32 Å². The number of anilines is 1. The number of hydrogen-bond donors (Lipinski definition) is 3. The van der Waals surface area contributed by atoms with Crippen molar-refractivity contribution in [3.63, 3.8) is 0 Å². The van der Waals surface area contributed by atoms with Crippen molar-refractivity contribution in [3.8, 4) is 0 Å². The van der Waals surface area contributed by atoms with Crippen LogP contribution in [0.3, 0.4) is 0 Å². The molecule has 1 aromatic carbocycles. The average molecular weight is 267 g/mol. The molecule has 0 unspecified atom stereocenters. The second-order valence-electron chi connectivity index (χ2n) is 3.18. The van der Waals surface area contributed by atoms with Crippen molar-refractivity contribution < 1.29 is 4.79 Å². The molecule has 0 saturated heterocycles. The smallest absolute Gasteiger partial charge is 0.225 e. The largest absolute Gasteiger partial charge is 0.332 e. The lowest BCUT2D eigenvalue weighted by molar-refractivity contribution is -0.119. The standard InChI is InChI=1S/C11H13N3OS2/c1-2-9(15)13-11(17)14-10(16)12-8-6-4-3-5-7-8/h3-7H,2H2,1H3,(H3,12,13,14,15,16,17). The Morgan fingerprint density at radius 1 is 1.12 bits per heavy atom. The summed E-state index contributed by atoms with van der Waals surface area (Å²) in [5.41, 5.74) is 0.856. The van der Waals surface area contributed by atoms with E-state index in [1.165, 1.54) is 0 Å². The predicted octanol–water partition coefficient (Wildman–Crippen LogP) is 1.78. The number of rotatable bonds is 2. The van der Waals surface area contributed by atoms with Crippen LogP contribution in [0.2, 0.25) is 0 Å². The van der Waals surface area contributed by atoms with E-state index in [4.69, 9.17) is 24.4 Å². The number of carbonyl (C=O) groups is 1. The Hall–Kier alpha value is -1.53. The van der Waals surface area contributed by atoms with Crippen LogP contribution in [0.25, 0.3) is 0 Å². The topological polar surface area (TPSA) is 53.2 Å². The van der Waals surface area contributed by atoms with E-state index in [-0.39, 0.29) is 11.0 Å². The molecule has 1 amide bonds. The zero-order valence-corrected chi connectivity index (χ0v) is 11.0. The fourth-order valence-corrected chi connectivity index (χ4v) is 1.53. The summed E-state index contributed by atoms with van der Waals surface area (Å²) in [7, 11) is 0. The Morgan fingerprint density at radius 3 is 2.35 bits per heavy atom. The van der Waals surface area contributed by atoms with Crippen LogP contribution in [-0.4, -0.2) is 16.1 Å². The van der Waals surface area contributed by atoms with Crippen LogP contribution in [0.1, 0.15) is 13.3 Å². The molecule has 0 fully saturated rings. The number of carbonyl (C=O) groups excluding carboxylic acids is 1. The van der Waals surface area contributed by atoms with Crippen LogP contribution >= 0.6 is 24.4 Å². The van der Waals surface area contributed by atoms with Gasteiger partial charge >= 0.3 is 0 Å². The lowest BCUT2D eigenvalue weighted by Gasteiger charge is -2.11. The SMILES string of the molecule is CCC(=O)NC(=S)NC(=S)Nc1ccccc1. The Morgan fingerprint density at radius 2 is 1.76 bits per heavy atom. The van der Waals surface area contributed by atoms with Crippen molar-refractivity contribution in [1.82, 2.24) is 10.6 Å². The summed E-state index contributed by atoms with van der Waals surface area (Å²) in [6.45, 7) is 1.75. The van der Waals surface area contributed by atoms with Crippen molar-refractivity contribution in [3.05, 3.63) is 30.3 Å². The summed E-state index contributed by atoms with van der Waals surface area (Å²) in [6.07, 6.45) is 0.376. The van der Waals surface area contributed by atoms with E-state index < -0.39 is 0 Å². The number of thiocarbonyl (C=S) groups is 2. The van der Waals surface area contributed by atoms with Crippen LogP contribution in [0.5, 0.6) is 0 Å². The molecule has 0 radical (unpaired) electrons. The second kappa shape index (κ2) is 6.93. The van der Waals surface area contributed by atoms with Gasteiger partial charge in [0.15, 0.2) is 10.2 Å². The van der Waals surface area contributed by atoms with Gasteiger partial charge in [0, 0.05) is 12.1 Å². The Labute approximate surface area is 111 Å². The van der Waals surface area contributed by atoms with Gasteiger partial charge in [-0.3, -0.25) is 4.79 Å². The molecule has 6 heteroatoms. The molecule has 0 bridgehead atoms. The molecular weight excluding hydrogens is 254 g/mol. The van der Waals surface area contributed by atoms with Gasteiger partial charge in [0.05, 0.1) is 0 Å². The number of hydrogen-bond acceptors (Lipinski definition) is 3. The highest BCUT2D eigenvalue weighted by molar-refractivity contribution is 7.82. The Balaban J connectivity index is 2.40. The van der Waals surface area contributed by atoms with Gasteiger partial charge in [0.25, 0.3) is 0 Å². The maximum atomic E-state index is 11.1. The molecule has 4 nitrogen and oxygen atoms in total. The second-order valence-corrected chi connectivity index (χ2v) is 3.99. The van der Waals surface area contributed by atoms with Crippen molar-refractivity contribution in [2.24, 2.45) is 0 Å². The first-order valence-electron chi connectivity index (χ1n) is 5.08. The predicted molar refractivity (Wildman–Crippen MR) is 76.8 cm³/mol. The summed E-state index contributed by atoms with van der Waals surface area (Å²) >= 11 is 9.96. The van der Waals surface area contributed by atoms with Gasteiger partial charge in [-0.1, -0.05) is 25.1 Å². The fraction of sp³-hybridized carbons (Fsp3) is 0.182. The molecule has 1 aromatic rings. The third-order valence-corrected chi connectivity index (χ3v) is 2.24. The van der Waals surface area contributed by atoms with E-state index >= 15 is 0 Å². The highest BCUT2D eigenvalue weighted by Crippen LogP contribution is 2.04. The molecule has 0 aliphatic carbocycles. The van der Waals surface area contributed by atoms with Gasteiger partial charge in [0.1, 0.15) is 0 Å². The minimum absolute atomic E-state index is 0.148. The van der Waals surface area contributed by atoms with Crippen LogP contribution in [0.4, 0.5) is 5.69 Å². The molecule has 0 aliphatic rings. The van der Waals surface area contributed by atoms with Crippen LogP contribution in [0, 0.1) is 0 Å². The average Bonchev–Trinajstić information content (AvgIpc) is 2.29. The maximum absolute atomic E-state index is 11.1. The van der Waals surface area contributed by atoms with Crippen LogP contribution in [0.15, 0.2) is 30.3 Å². The summed E-state index contributed by atoms with van der Waals surface area (Å²) in [5.74, 6) is -0.148. The Bertz CT molecular complexity index is 420. The molecule has 3 N–H and O–H groups in total. The van der Waals surface area contributed by atoms with Crippen molar-refractivity contribution in [2.45, 2.75) is 13.3 Å².